The Bertz CT molecular complexity index is 1110. The largest absolute Gasteiger partial charge is 0.459 e. The number of alkyl halides is 3. The number of esters is 1. The van der Waals surface area contributed by atoms with Gasteiger partial charge in [0.1, 0.15) is 17.8 Å². The van der Waals surface area contributed by atoms with E-state index in [1.807, 2.05) is 0 Å². The number of carbonyl (C=O) groups excluding carboxylic acids is 2. The number of nitrogens with one attached hydrogen (secondary N) is 1. The van der Waals surface area contributed by atoms with Crippen LogP contribution in [0.5, 0.6) is 0 Å². The first-order valence-electron chi connectivity index (χ1n) is 12.5. The number of ether oxygens (including phenoxy) is 1. The molecule has 216 valence electrons. The summed E-state index contributed by atoms with van der Waals surface area (Å²) in [7, 11) is -1.69. The van der Waals surface area contributed by atoms with Crippen molar-refractivity contribution in [3.8, 4) is 0 Å². The molecule has 1 aromatic heterocycles. The van der Waals surface area contributed by atoms with E-state index in [-0.39, 0.29) is 35.5 Å². The number of amides is 1. The molecule has 1 heterocycles. The van der Waals surface area contributed by atoms with Gasteiger partial charge in [0.15, 0.2) is 14.2 Å². The number of rotatable bonds is 13. The van der Waals surface area contributed by atoms with E-state index in [0.717, 1.165) is 5.56 Å². The van der Waals surface area contributed by atoms with Crippen LogP contribution in [0.1, 0.15) is 64.7 Å². The fraction of sp³-hybridized carbons (Fsp3) is 0.600. The molecule has 0 bridgehead atoms. The summed E-state index contributed by atoms with van der Waals surface area (Å²) in [6.45, 7) is 9.05. The number of aromatic nitrogens is 2. The highest BCUT2D eigenvalue weighted by Gasteiger charge is 2.50. The number of nitrogens with zero attached hydrogens (tertiary/aromatic N) is 2. The van der Waals surface area contributed by atoms with Crippen molar-refractivity contribution in [3.05, 3.63) is 41.5 Å². The van der Waals surface area contributed by atoms with Crippen LogP contribution >= 0.6 is 20.1 Å². The van der Waals surface area contributed by atoms with E-state index in [2.05, 4.69) is 15.5 Å². The maximum atomic E-state index is 13.1. The van der Waals surface area contributed by atoms with Gasteiger partial charge in [-0.15, -0.1) is 0 Å². The Morgan fingerprint density at radius 1 is 1.13 bits per heavy atom. The summed E-state index contributed by atoms with van der Waals surface area (Å²) >= 11 is -0.170. The minimum atomic E-state index is -4.36. The van der Waals surface area contributed by atoms with Gasteiger partial charge in [-0.1, -0.05) is 17.3 Å². The van der Waals surface area contributed by atoms with E-state index in [1.165, 1.54) is 12.1 Å². The van der Waals surface area contributed by atoms with Crippen LogP contribution in [0.4, 0.5) is 13.2 Å². The van der Waals surface area contributed by atoms with Crippen molar-refractivity contribution >= 4 is 32.0 Å². The summed E-state index contributed by atoms with van der Waals surface area (Å²) < 4.78 is 60.2. The van der Waals surface area contributed by atoms with Gasteiger partial charge in [-0.3, -0.25) is 9.59 Å². The van der Waals surface area contributed by atoms with E-state index in [4.69, 9.17) is 18.3 Å². The van der Waals surface area contributed by atoms with Crippen molar-refractivity contribution < 1.29 is 41.1 Å². The Balaban J connectivity index is 1.75. The molecule has 1 aromatic carbocycles. The molecule has 1 saturated carbocycles. The molecule has 1 unspecified atom stereocenters. The number of hydrogen-bond acceptors (Lipinski definition) is 9. The van der Waals surface area contributed by atoms with Gasteiger partial charge in [0.25, 0.3) is 0 Å². The molecule has 1 amide bonds. The van der Waals surface area contributed by atoms with Crippen molar-refractivity contribution in [1.29, 1.82) is 0 Å². The van der Waals surface area contributed by atoms with Gasteiger partial charge in [-0.2, -0.15) is 18.2 Å². The standard InChI is InChI=1S/C25H33F3N3O6PS/c1-6-34-38(35-7-2)18(21(33)29-15-20(32)36-23(3,4)5)14-19-30-22(31-37-19)24(12-13-24)16-8-10-17(11-9-16)39-25(26,27)28/h8-11,18H,6-7,12-15H2,1-5H3,(H,29,33). The molecule has 39 heavy (non-hydrogen) atoms. The maximum Gasteiger partial charge on any atom is 0.446 e. The summed E-state index contributed by atoms with van der Waals surface area (Å²) in [6.07, 6.45) is 1.43. The Kier molecular flexibility index (Phi) is 10.4. The molecule has 0 saturated heterocycles. The number of benzene rings is 1. The second kappa shape index (κ2) is 13.0. The summed E-state index contributed by atoms with van der Waals surface area (Å²) in [5, 5.41) is 6.73. The van der Waals surface area contributed by atoms with Crippen LogP contribution in [-0.2, 0) is 35.2 Å². The number of halogens is 3. The van der Waals surface area contributed by atoms with E-state index in [0.29, 0.717) is 31.9 Å². The number of hydrogen-bond donors (Lipinski definition) is 1. The van der Waals surface area contributed by atoms with Gasteiger partial charge in [0, 0.05) is 11.3 Å². The third-order valence-corrected chi connectivity index (χ3v) is 8.24. The average molecular weight is 592 g/mol. The van der Waals surface area contributed by atoms with Crippen molar-refractivity contribution in [2.24, 2.45) is 0 Å². The third-order valence-electron chi connectivity index (χ3n) is 5.55. The van der Waals surface area contributed by atoms with Crippen LogP contribution in [0.15, 0.2) is 33.7 Å². The van der Waals surface area contributed by atoms with Crippen LogP contribution < -0.4 is 5.32 Å². The predicted molar refractivity (Wildman–Crippen MR) is 139 cm³/mol. The Labute approximate surface area is 230 Å². The van der Waals surface area contributed by atoms with Crippen molar-refractivity contribution in [1.82, 2.24) is 15.5 Å². The SMILES string of the molecule is CCOP(OCC)C(Cc1nc(C2(c3ccc(SC(F)(F)F)cc3)CC2)no1)C(=O)NCC(=O)OC(C)(C)C. The van der Waals surface area contributed by atoms with Gasteiger partial charge >= 0.3 is 11.5 Å². The maximum absolute atomic E-state index is 13.1. The number of carbonyl (C=O) groups is 2. The lowest BCUT2D eigenvalue weighted by Crippen LogP contribution is -2.40. The van der Waals surface area contributed by atoms with Crippen LogP contribution in [-0.4, -0.2) is 58.5 Å². The van der Waals surface area contributed by atoms with Gasteiger partial charge < -0.3 is 23.6 Å². The summed E-state index contributed by atoms with van der Waals surface area (Å²) in [6, 6.07) is 6.15. The zero-order valence-electron chi connectivity index (χ0n) is 22.5. The molecule has 1 aliphatic carbocycles. The highest BCUT2D eigenvalue weighted by molar-refractivity contribution is 8.00. The molecule has 1 atom stereocenters. The summed E-state index contributed by atoms with van der Waals surface area (Å²) in [4.78, 5) is 29.9. The molecular formula is C25H33F3N3O6PS. The van der Waals surface area contributed by atoms with Crippen LogP contribution in [0.25, 0.3) is 0 Å². The van der Waals surface area contributed by atoms with Gasteiger partial charge in [-0.05, 0) is 76.9 Å². The molecule has 1 N–H and O–H groups in total. The lowest BCUT2D eigenvalue weighted by Gasteiger charge is -2.24. The normalized spacial score (nSPS) is 15.7. The van der Waals surface area contributed by atoms with E-state index >= 15 is 0 Å². The third kappa shape index (κ3) is 9.16. The Hall–Kier alpha value is -2.21. The van der Waals surface area contributed by atoms with Crippen LogP contribution in [0.2, 0.25) is 0 Å². The van der Waals surface area contributed by atoms with Crippen LogP contribution in [0, 0.1) is 0 Å². The highest BCUT2D eigenvalue weighted by atomic mass is 32.2. The molecule has 9 nitrogen and oxygen atoms in total. The zero-order valence-corrected chi connectivity index (χ0v) is 24.2. The first-order chi connectivity index (χ1) is 18.3. The molecule has 1 fully saturated rings. The van der Waals surface area contributed by atoms with E-state index < -0.39 is 42.4 Å². The zero-order chi connectivity index (χ0) is 28.8. The van der Waals surface area contributed by atoms with Gasteiger partial charge in [0.05, 0.1) is 18.6 Å². The lowest BCUT2D eigenvalue weighted by molar-refractivity contribution is -0.154. The highest BCUT2D eigenvalue weighted by Crippen LogP contribution is 2.53. The molecule has 3 rings (SSSR count). The molecule has 0 aliphatic heterocycles. The Morgan fingerprint density at radius 2 is 1.74 bits per heavy atom. The fourth-order valence-corrected chi connectivity index (χ4v) is 5.90. The minimum Gasteiger partial charge on any atom is -0.459 e. The van der Waals surface area contributed by atoms with Crippen molar-refractivity contribution in [2.75, 3.05) is 19.8 Å². The molecular weight excluding hydrogens is 558 g/mol. The quantitative estimate of drug-likeness (QED) is 0.183. The minimum absolute atomic E-state index is 0.0100. The Morgan fingerprint density at radius 3 is 2.26 bits per heavy atom. The van der Waals surface area contributed by atoms with Crippen molar-refractivity contribution in [3.63, 3.8) is 0 Å². The van der Waals surface area contributed by atoms with E-state index in [9.17, 15) is 22.8 Å². The fourth-order valence-electron chi connectivity index (χ4n) is 3.83. The van der Waals surface area contributed by atoms with E-state index in [1.54, 1.807) is 46.8 Å². The lowest BCUT2D eigenvalue weighted by atomic mass is 9.95. The molecule has 0 radical (unpaired) electrons. The van der Waals surface area contributed by atoms with Gasteiger partial charge in [0.2, 0.25) is 11.8 Å². The summed E-state index contributed by atoms with van der Waals surface area (Å²) in [5.74, 6) is -0.474. The smallest absolute Gasteiger partial charge is 0.446 e. The topological polar surface area (TPSA) is 113 Å². The molecule has 0 spiro atoms. The summed E-state index contributed by atoms with van der Waals surface area (Å²) in [5.41, 5.74) is -5.66. The van der Waals surface area contributed by atoms with Crippen molar-refractivity contribution in [2.45, 2.75) is 81.0 Å². The first-order valence-corrected chi connectivity index (χ1v) is 14.6. The second-order valence-electron chi connectivity index (χ2n) is 9.81. The monoisotopic (exact) mass is 591 g/mol. The average Bonchev–Trinajstić information content (AvgIpc) is 3.50. The van der Waals surface area contributed by atoms with Crippen LogP contribution in [0.3, 0.4) is 0 Å². The predicted octanol–water partition coefficient (Wildman–Crippen LogP) is 5.52. The molecule has 1 aliphatic rings. The van der Waals surface area contributed by atoms with Gasteiger partial charge in [-0.25, -0.2) is 0 Å². The molecule has 2 aromatic rings. The first kappa shape index (κ1) is 31.3. The number of thioether (sulfide) groups is 1. The molecule has 14 heteroatoms. The second-order valence-corrected chi connectivity index (χ2v) is 12.7.